The lowest BCUT2D eigenvalue weighted by Gasteiger charge is -2.29. The van der Waals surface area contributed by atoms with Crippen LogP contribution in [0.25, 0.3) is 0 Å². The Morgan fingerprint density at radius 3 is 2.27 bits per heavy atom. The second-order valence-corrected chi connectivity index (χ2v) is 6.89. The predicted molar refractivity (Wildman–Crippen MR) is 96.2 cm³/mol. The maximum atomic E-state index is 12.5. The van der Waals surface area contributed by atoms with Gasteiger partial charge in [-0.2, -0.15) is 0 Å². The molecule has 4 rings (SSSR count). The fourth-order valence-electron chi connectivity index (χ4n) is 4.10. The number of rotatable bonds is 3. The molecular weight excluding hydrogens is 330 g/mol. The number of hydrogen-bond donors (Lipinski definition) is 1. The number of carboxylic acids is 1. The summed E-state index contributed by atoms with van der Waals surface area (Å²) in [6.07, 6.45) is 1.53. The average Bonchev–Trinajstić information content (AvgIpc) is 3.15. The highest BCUT2D eigenvalue weighted by Gasteiger charge is 2.35. The van der Waals surface area contributed by atoms with Crippen molar-refractivity contribution in [1.29, 1.82) is 0 Å². The smallest absolute Gasteiger partial charge is 0.410 e. The molecular formula is C21H21NO4. The monoisotopic (exact) mass is 351 g/mol. The van der Waals surface area contributed by atoms with Gasteiger partial charge in [-0.15, -0.1) is 0 Å². The lowest BCUT2D eigenvalue weighted by Crippen LogP contribution is -2.41. The maximum Gasteiger partial charge on any atom is 0.410 e. The second kappa shape index (κ2) is 6.83. The molecule has 1 N–H and O–H groups in total. The van der Waals surface area contributed by atoms with Crippen molar-refractivity contribution in [3.05, 3.63) is 70.8 Å². The van der Waals surface area contributed by atoms with Crippen LogP contribution in [0.15, 0.2) is 48.5 Å². The minimum Gasteiger partial charge on any atom is -0.480 e. The molecule has 2 aliphatic rings. The van der Waals surface area contributed by atoms with E-state index in [9.17, 15) is 14.7 Å². The fourth-order valence-corrected chi connectivity index (χ4v) is 4.10. The van der Waals surface area contributed by atoms with Crippen molar-refractivity contribution >= 4 is 12.1 Å². The zero-order chi connectivity index (χ0) is 18.1. The number of carboxylic acid groups (broad SMARTS) is 1. The lowest BCUT2D eigenvalue weighted by atomic mass is 9.78. The van der Waals surface area contributed by atoms with Gasteiger partial charge in [-0.05, 0) is 41.5 Å². The van der Waals surface area contributed by atoms with Crippen LogP contribution in [0.5, 0.6) is 0 Å². The summed E-state index contributed by atoms with van der Waals surface area (Å²) in [6, 6.07) is 15.7. The van der Waals surface area contributed by atoms with Crippen molar-refractivity contribution in [2.75, 3.05) is 13.2 Å². The largest absolute Gasteiger partial charge is 0.480 e. The zero-order valence-corrected chi connectivity index (χ0v) is 14.4. The first-order chi connectivity index (χ1) is 12.6. The highest BCUT2D eigenvalue weighted by Crippen LogP contribution is 2.36. The van der Waals surface area contributed by atoms with Crippen molar-refractivity contribution in [2.45, 2.75) is 31.2 Å². The molecule has 5 nitrogen and oxygen atoms in total. The van der Waals surface area contributed by atoms with Gasteiger partial charge in [0.2, 0.25) is 0 Å². The standard InChI is InChI=1S/C21H21NO4/c23-20(24)19-10-5-11-22(19)21(25)26-13-18-16-8-3-1-6-14(16)12-15-7-2-4-9-17(15)18/h1-4,6-9,18-19H,5,10-13H2,(H,23,24). The molecule has 1 aliphatic heterocycles. The number of ether oxygens (including phenoxy) is 1. The Kier molecular flexibility index (Phi) is 4.37. The highest BCUT2D eigenvalue weighted by atomic mass is 16.6. The van der Waals surface area contributed by atoms with Crippen molar-refractivity contribution in [1.82, 2.24) is 4.90 Å². The van der Waals surface area contributed by atoms with E-state index in [1.807, 2.05) is 24.3 Å². The van der Waals surface area contributed by atoms with E-state index >= 15 is 0 Å². The van der Waals surface area contributed by atoms with Crippen molar-refractivity contribution in [2.24, 2.45) is 0 Å². The normalized spacial score (nSPS) is 18.9. The van der Waals surface area contributed by atoms with E-state index in [-0.39, 0.29) is 12.5 Å². The quantitative estimate of drug-likeness (QED) is 0.920. The topological polar surface area (TPSA) is 66.8 Å². The molecule has 0 spiro atoms. The van der Waals surface area contributed by atoms with Crippen molar-refractivity contribution in [3.8, 4) is 0 Å². The van der Waals surface area contributed by atoms with E-state index < -0.39 is 18.1 Å². The highest BCUT2D eigenvalue weighted by molar-refractivity contribution is 5.80. The summed E-state index contributed by atoms with van der Waals surface area (Å²) in [5, 5.41) is 9.26. The molecule has 1 heterocycles. The molecule has 1 amide bonds. The molecule has 26 heavy (non-hydrogen) atoms. The molecule has 1 unspecified atom stereocenters. The number of carbonyl (C=O) groups excluding carboxylic acids is 1. The summed E-state index contributed by atoms with van der Waals surface area (Å²) in [7, 11) is 0. The van der Waals surface area contributed by atoms with Crippen LogP contribution in [0, 0.1) is 0 Å². The SMILES string of the molecule is O=C(O)C1CCCN1C(=O)OCC1c2ccccc2Cc2ccccc21. The molecule has 0 saturated carbocycles. The summed E-state index contributed by atoms with van der Waals surface area (Å²) >= 11 is 0. The molecule has 5 heteroatoms. The number of benzene rings is 2. The van der Waals surface area contributed by atoms with Gasteiger partial charge in [0.25, 0.3) is 0 Å². The van der Waals surface area contributed by atoms with E-state index in [1.54, 1.807) is 0 Å². The van der Waals surface area contributed by atoms with Gasteiger partial charge in [-0.3, -0.25) is 4.90 Å². The summed E-state index contributed by atoms with van der Waals surface area (Å²) < 4.78 is 5.58. The van der Waals surface area contributed by atoms with Gasteiger partial charge in [-0.25, -0.2) is 9.59 Å². The van der Waals surface area contributed by atoms with E-state index in [0.717, 1.165) is 6.42 Å². The molecule has 2 aromatic carbocycles. The van der Waals surface area contributed by atoms with E-state index in [1.165, 1.54) is 27.2 Å². The third kappa shape index (κ3) is 2.94. The van der Waals surface area contributed by atoms with E-state index in [2.05, 4.69) is 24.3 Å². The van der Waals surface area contributed by atoms with Gasteiger partial charge in [0.15, 0.2) is 0 Å². The number of likely N-dealkylation sites (tertiary alicyclic amines) is 1. The zero-order valence-electron chi connectivity index (χ0n) is 14.4. The van der Waals surface area contributed by atoms with Gasteiger partial charge >= 0.3 is 12.1 Å². The number of nitrogens with zero attached hydrogens (tertiary/aromatic N) is 1. The van der Waals surface area contributed by atoms with Gasteiger partial charge in [0, 0.05) is 12.5 Å². The van der Waals surface area contributed by atoms with Gasteiger partial charge in [0.05, 0.1) is 0 Å². The first-order valence-corrected chi connectivity index (χ1v) is 8.97. The summed E-state index contributed by atoms with van der Waals surface area (Å²) in [6.45, 7) is 0.656. The Balaban J connectivity index is 1.55. The van der Waals surface area contributed by atoms with Crippen LogP contribution in [0.3, 0.4) is 0 Å². The third-order valence-corrected chi connectivity index (χ3v) is 5.39. The molecule has 0 aromatic heterocycles. The fraction of sp³-hybridized carbons (Fsp3) is 0.333. The molecule has 1 atom stereocenters. The van der Waals surface area contributed by atoms with Gasteiger partial charge < -0.3 is 9.84 Å². The number of aliphatic carboxylic acids is 1. The molecule has 0 radical (unpaired) electrons. The third-order valence-electron chi connectivity index (χ3n) is 5.39. The van der Waals surface area contributed by atoms with E-state index in [0.29, 0.717) is 19.4 Å². The predicted octanol–water partition coefficient (Wildman–Crippen LogP) is 3.41. The Morgan fingerprint density at radius 2 is 1.65 bits per heavy atom. The molecule has 1 fully saturated rings. The molecule has 1 aliphatic carbocycles. The Morgan fingerprint density at radius 1 is 1.04 bits per heavy atom. The van der Waals surface area contributed by atoms with E-state index in [4.69, 9.17) is 4.74 Å². The van der Waals surface area contributed by atoms with Crippen LogP contribution >= 0.6 is 0 Å². The Bertz CT molecular complexity index is 802. The minimum absolute atomic E-state index is 0.0222. The van der Waals surface area contributed by atoms with Crippen molar-refractivity contribution in [3.63, 3.8) is 0 Å². The molecule has 1 saturated heterocycles. The van der Waals surface area contributed by atoms with Crippen LogP contribution in [-0.2, 0) is 16.0 Å². The van der Waals surface area contributed by atoms with Crippen molar-refractivity contribution < 1.29 is 19.4 Å². The number of amides is 1. The molecule has 2 aromatic rings. The summed E-state index contributed by atoms with van der Waals surface area (Å²) in [5.41, 5.74) is 4.85. The van der Waals surface area contributed by atoms with Gasteiger partial charge in [-0.1, -0.05) is 48.5 Å². The lowest BCUT2D eigenvalue weighted by molar-refractivity contribution is -0.141. The number of carbonyl (C=O) groups is 2. The number of fused-ring (bicyclic) bond motifs is 2. The van der Waals surface area contributed by atoms with Crippen LogP contribution in [0.2, 0.25) is 0 Å². The Labute approximate surface area is 152 Å². The minimum atomic E-state index is -0.965. The maximum absolute atomic E-state index is 12.5. The summed E-state index contributed by atoms with van der Waals surface area (Å²) in [5.74, 6) is -0.987. The first-order valence-electron chi connectivity index (χ1n) is 8.97. The molecule has 0 bridgehead atoms. The van der Waals surface area contributed by atoms with Gasteiger partial charge in [0.1, 0.15) is 12.6 Å². The second-order valence-electron chi connectivity index (χ2n) is 6.89. The summed E-state index contributed by atoms with van der Waals surface area (Å²) in [4.78, 5) is 25.1. The Hall–Kier alpha value is -2.82. The average molecular weight is 351 g/mol. The number of hydrogen-bond acceptors (Lipinski definition) is 3. The van der Waals surface area contributed by atoms with Crippen LogP contribution in [0.1, 0.15) is 41.0 Å². The van der Waals surface area contributed by atoms with Crippen LogP contribution < -0.4 is 0 Å². The van der Waals surface area contributed by atoms with Crippen LogP contribution in [-0.4, -0.2) is 41.3 Å². The van der Waals surface area contributed by atoms with Crippen LogP contribution in [0.4, 0.5) is 4.79 Å². The molecule has 134 valence electrons. The first kappa shape index (κ1) is 16.6.